The molecule has 5 nitrogen and oxygen atoms in total. The second-order valence-electron chi connectivity index (χ2n) is 6.08. The Hall–Kier alpha value is -1.95. The lowest BCUT2D eigenvalue weighted by atomic mass is 9.80. The van der Waals surface area contributed by atoms with E-state index in [1.807, 2.05) is 25.1 Å². The summed E-state index contributed by atoms with van der Waals surface area (Å²) in [5, 5.41) is 3.40. The summed E-state index contributed by atoms with van der Waals surface area (Å²) < 4.78 is 11.6. The van der Waals surface area contributed by atoms with Crippen molar-refractivity contribution in [1.29, 1.82) is 0 Å². The highest BCUT2D eigenvalue weighted by Gasteiger charge is 2.35. The Labute approximate surface area is 143 Å². The van der Waals surface area contributed by atoms with Gasteiger partial charge in [-0.05, 0) is 24.0 Å². The highest BCUT2D eigenvalue weighted by atomic mass is 16.7. The molecule has 1 amide bonds. The zero-order valence-corrected chi connectivity index (χ0v) is 14.2. The normalized spacial score (nSPS) is 20.2. The Balaban J connectivity index is 2.24. The molecule has 0 fully saturated rings. The third-order valence-electron chi connectivity index (χ3n) is 4.21. The monoisotopic (exact) mass is 330 g/mol. The third-order valence-corrected chi connectivity index (χ3v) is 4.21. The predicted molar refractivity (Wildman–Crippen MR) is 94.0 cm³/mol. The van der Waals surface area contributed by atoms with Crippen molar-refractivity contribution < 1.29 is 14.3 Å². The van der Waals surface area contributed by atoms with Gasteiger partial charge in [0, 0.05) is 18.9 Å². The molecule has 24 heavy (non-hydrogen) atoms. The number of nitrogens with one attached hydrogen (secondary N) is 1. The molecule has 1 aromatic carbocycles. The molecule has 5 heteroatoms. The third kappa shape index (κ3) is 4.54. The van der Waals surface area contributed by atoms with Crippen molar-refractivity contribution >= 4 is 5.91 Å². The average Bonchev–Trinajstić information content (AvgIpc) is 2.58. The fourth-order valence-electron chi connectivity index (χ4n) is 3.05. The number of benzene rings is 1. The quantitative estimate of drug-likeness (QED) is 0.539. The second-order valence-corrected chi connectivity index (χ2v) is 6.08. The molecule has 0 heterocycles. The molecule has 2 rings (SSSR count). The molecule has 2 unspecified atom stereocenters. The van der Waals surface area contributed by atoms with Gasteiger partial charge in [-0.2, -0.15) is 0 Å². The van der Waals surface area contributed by atoms with Gasteiger partial charge in [0.05, 0.1) is 13.2 Å². The highest BCUT2D eigenvalue weighted by molar-refractivity contribution is 5.77. The summed E-state index contributed by atoms with van der Waals surface area (Å²) in [5.74, 6) is -1.50. The van der Waals surface area contributed by atoms with Crippen LogP contribution in [0.15, 0.2) is 49.6 Å². The molecule has 1 aliphatic rings. The topological polar surface area (TPSA) is 73.6 Å². The number of rotatable bonds is 9. The maximum Gasteiger partial charge on any atom is 0.225 e. The lowest BCUT2D eigenvalue weighted by Crippen LogP contribution is -2.51. The van der Waals surface area contributed by atoms with Crippen LogP contribution < -0.4 is 11.1 Å². The second kappa shape index (κ2) is 8.24. The van der Waals surface area contributed by atoms with Crippen LogP contribution in [0.2, 0.25) is 0 Å². The highest BCUT2D eigenvalue weighted by Crippen LogP contribution is 2.34. The first-order valence-corrected chi connectivity index (χ1v) is 8.13. The fraction of sp³-hybridized carbons (Fsp3) is 0.421. The van der Waals surface area contributed by atoms with Gasteiger partial charge in [-0.25, -0.2) is 0 Å². The van der Waals surface area contributed by atoms with E-state index in [0.717, 1.165) is 11.1 Å². The van der Waals surface area contributed by atoms with Crippen molar-refractivity contribution in [2.45, 2.75) is 31.7 Å². The summed E-state index contributed by atoms with van der Waals surface area (Å²) >= 11 is 0. The molecule has 0 aromatic heterocycles. The molecule has 0 saturated heterocycles. The SMILES string of the molecule is C=CCOC(C)(NC1CC(C(N)=O)Cc2ccccc21)OCC=C. The number of carbonyl (C=O) groups excluding carboxylic acids is 1. The number of carbonyl (C=O) groups is 1. The smallest absolute Gasteiger partial charge is 0.225 e. The predicted octanol–water partition coefficient (Wildman–Crippen LogP) is 2.44. The van der Waals surface area contributed by atoms with Crippen molar-refractivity contribution in [2.24, 2.45) is 11.7 Å². The minimum Gasteiger partial charge on any atom is -0.369 e. The molecule has 1 aliphatic carbocycles. The van der Waals surface area contributed by atoms with Crippen molar-refractivity contribution in [3.63, 3.8) is 0 Å². The minimum absolute atomic E-state index is 0.0907. The largest absolute Gasteiger partial charge is 0.369 e. The number of amides is 1. The summed E-state index contributed by atoms with van der Waals surface area (Å²) in [6, 6.07) is 7.97. The molecular weight excluding hydrogens is 304 g/mol. The molecule has 0 spiro atoms. The van der Waals surface area contributed by atoms with Crippen molar-refractivity contribution in [3.8, 4) is 0 Å². The molecule has 130 valence electrons. The van der Waals surface area contributed by atoms with Crippen molar-refractivity contribution in [3.05, 3.63) is 60.7 Å². The molecule has 0 saturated carbocycles. The van der Waals surface area contributed by atoms with E-state index in [1.54, 1.807) is 12.2 Å². The summed E-state index contributed by atoms with van der Waals surface area (Å²) in [4.78, 5) is 11.7. The van der Waals surface area contributed by atoms with Gasteiger partial charge in [0.1, 0.15) is 0 Å². The number of ether oxygens (including phenoxy) is 2. The fourth-order valence-corrected chi connectivity index (χ4v) is 3.05. The van der Waals surface area contributed by atoms with Crippen LogP contribution in [0.1, 0.15) is 30.5 Å². The first-order valence-electron chi connectivity index (χ1n) is 8.13. The van der Waals surface area contributed by atoms with Crippen LogP contribution in [-0.2, 0) is 20.7 Å². The van der Waals surface area contributed by atoms with Crippen molar-refractivity contribution in [1.82, 2.24) is 5.32 Å². The van der Waals surface area contributed by atoms with Crippen LogP contribution in [0, 0.1) is 5.92 Å². The van der Waals surface area contributed by atoms with Crippen LogP contribution in [0.4, 0.5) is 0 Å². The maximum absolute atomic E-state index is 11.7. The van der Waals surface area contributed by atoms with Gasteiger partial charge < -0.3 is 15.2 Å². The zero-order chi connectivity index (χ0) is 17.6. The zero-order valence-electron chi connectivity index (χ0n) is 14.2. The van der Waals surface area contributed by atoms with Gasteiger partial charge in [-0.3, -0.25) is 10.1 Å². The lowest BCUT2D eigenvalue weighted by molar-refractivity contribution is -0.239. The van der Waals surface area contributed by atoms with Crippen LogP contribution in [-0.4, -0.2) is 25.0 Å². The Bertz CT molecular complexity index is 588. The van der Waals surface area contributed by atoms with E-state index in [1.165, 1.54) is 0 Å². The number of hydrogen-bond donors (Lipinski definition) is 2. The summed E-state index contributed by atoms with van der Waals surface area (Å²) in [6.07, 6.45) is 4.61. The maximum atomic E-state index is 11.7. The van der Waals surface area contributed by atoms with E-state index in [-0.39, 0.29) is 17.9 Å². The Morgan fingerprint density at radius 3 is 2.54 bits per heavy atom. The summed E-state index contributed by atoms with van der Waals surface area (Å²) in [7, 11) is 0. The molecule has 0 radical (unpaired) electrons. The van der Waals surface area contributed by atoms with E-state index in [9.17, 15) is 4.79 Å². The van der Waals surface area contributed by atoms with Gasteiger partial charge in [-0.1, -0.05) is 36.4 Å². The number of nitrogens with two attached hydrogens (primary N) is 1. The molecule has 3 N–H and O–H groups in total. The molecule has 2 atom stereocenters. The minimum atomic E-state index is -1.01. The number of fused-ring (bicyclic) bond motifs is 1. The van der Waals surface area contributed by atoms with Crippen LogP contribution in [0.5, 0.6) is 0 Å². The molecular formula is C19H26N2O3. The lowest BCUT2D eigenvalue weighted by Gasteiger charge is -2.38. The first-order chi connectivity index (χ1) is 11.5. The summed E-state index contributed by atoms with van der Waals surface area (Å²) in [6.45, 7) is 9.84. The van der Waals surface area contributed by atoms with Crippen LogP contribution in [0.25, 0.3) is 0 Å². The average molecular weight is 330 g/mol. The summed E-state index contributed by atoms with van der Waals surface area (Å²) in [5.41, 5.74) is 7.82. The Morgan fingerprint density at radius 1 is 1.33 bits per heavy atom. The van der Waals surface area contributed by atoms with E-state index in [0.29, 0.717) is 26.1 Å². The molecule has 0 aliphatic heterocycles. The van der Waals surface area contributed by atoms with E-state index in [2.05, 4.69) is 24.5 Å². The molecule has 1 aromatic rings. The van der Waals surface area contributed by atoms with Crippen molar-refractivity contribution in [2.75, 3.05) is 13.2 Å². The van der Waals surface area contributed by atoms with Gasteiger partial charge in [0.15, 0.2) is 0 Å². The van der Waals surface area contributed by atoms with E-state index >= 15 is 0 Å². The van der Waals surface area contributed by atoms with Gasteiger partial charge in [0.25, 0.3) is 0 Å². The van der Waals surface area contributed by atoms with E-state index < -0.39 is 5.91 Å². The van der Waals surface area contributed by atoms with E-state index in [4.69, 9.17) is 15.2 Å². The van der Waals surface area contributed by atoms with Crippen LogP contribution in [0.3, 0.4) is 0 Å². The van der Waals surface area contributed by atoms with Gasteiger partial charge in [-0.15, -0.1) is 13.2 Å². The molecule has 0 bridgehead atoms. The standard InChI is InChI=1S/C19H26N2O3/c1-4-10-23-19(3,24-11-5-2)21-17-13-15(18(20)22)12-14-8-6-7-9-16(14)17/h4-9,15,17,21H,1-2,10-13H2,3H3,(H2,20,22). The number of hydrogen-bond acceptors (Lipinski definition) is 4. The first kappa shape index (κ1) is 18.4. The Morgan fingerprint density at radius 2 is 1.96 bits per heavy atom. The van der Waals surface area contributed by atoms with Gasteiger partial charge >= 0.3 is 0 Å². The van der Waals surface area contributed by atoms with Gasteiger partial charge in [0.2, 0.25) is 11.8 Å². The van der Waals surface area contributed by atoms with Crippen LogP contribution >= 0.6 is 0 Å². The number of primary amides is 1. The Kier molecular flexibility index (Phi) is 6.31.